The lowest BCUT2D eigenvalue weighted by Crippen LogP contribution is -2.40. The van der Waals surface area contributed by atoms with Gasteiger partial charge in [0.05, 0.1) is 24.5 Å². The summed E-state index contributed by atoms with van der Waals surface area (Å²) < 4.78 is 4.99. The van der Waals surface area contributed by atoms with Crippen LogP contribution in [0.25, 0.3) is 0 Å². The molecule has 0 spiro atoms. The van der Waals surface area contributed by atoms with Crippen molar-refractivity contribution in [1.29, 1.82) is 0 Å². The minimum absolute atomic E-state index is 0.123. The maximum atomic E-state index is 11.8. The predicted octanol–water partition coefficient (Wildman–Crippen LogP) is 0.392. The van der Waals surface area contributed by atoms with Crippen LogP contribution in [0.4, 0.5) is 0 Å². The molecule has 1 aliphatic carbocycles. The van der Waals surface area contributed by atoms with E-state index in [4.69, 9.17) is 9.84 Å². The molecular weight excluding hydrogens is 210 g/mol. The molecule has 16 heavy (non-hydrogen) atoms. The van der Waals surface area contributed by atoms with Crippen molar-refractivity contribution < 1.29 is 19.4 Å². The Morgan fingerprint density at radius 2 is 1.88 bits per heavy atom. The van der Waals surface area contributed by atoms with Crippen molar-refractivity contribution >= 4 is 11.9 Å². The maximum absolute atomic E-state index is 11.8. The third kappa shape index (κ3) is 2.72. The topological polar surface area (TPSA) is 78.9 Å². The molecule has 2 fully saturated rings. The second kappa shape index (κ2) is 4.82. The fraction of sp³-hybridized carbons (Fsp3) is 0.818. The number of nitrogens with one attached hydrogen (secondary N) is 1. The van der Waals surface area contributed by atoms with Gasteiger partial charge in [0.2, 0.25) is 5.91 Å². The Hall–Kier alpha value is -1.10. The van der Waals surface area contributed by atoms with Gasteiger partial charge in [0.25, 0.3) is 0 Å². The average molecular weight is 227 g/mol. The van der Waals surface area contributed by atoms with Gasteiger partial charge in [-0.1, -0.05) is 12.8 Å². The smallest absolute Gasteiger partial charge is 0.307 e. The van der Waals surface area contributed by atoms with E-state index in [1.807, 2.05) is 0 Å². The predicted molar refractivity (Wildman–Crippen MR) is 55.8 cm³/mol. The van der Waals surface area contributed by atoms with E-state index in [0.717, 1.165) is 12.8 Å². The Labute approximate surface area is 94.2 Å². The monoisotopic (exact) mass is 227 g/mol. The van der Waals surface area contributed by atoms with Gasteiger partial charge >= 0.3 is 5.97 Å². The Balaban J connectivity index is 1.87. The molecule has 2 rings (SSSR count). The molecule has 1 saturated heterocycles. The van der Waals surface area contributed by atoms with Crippen LogP contribution in [0.5, 0.6) is 0 Å². The minimum Gasteiger partial charge on any atom is -0.481 e. The molecule has 1 aliphatic heterocycles. The van der Waals surface area contributed by atoms with Crippen molar-refractivity contribution in [3.8, 4) is 0 Å². The SMILES string of the molecule is O=C(O)[C@@H]1CCCC[C@H]1C(=O)NC[C@H]1CO1. The summed E-state index contributed by atoms with van der Waals surface area (Å²) in [6.45, 7) is 1.22. The molecule has 0 radical (unpaired) electrons. The number of amides is 1. The van der Waals surface area contributed by atoms with Gasteiger partial charge in [0.1, 0.15) is 0 Å². The largest absolute Gasteiger partial charge is 0.481 e. The number of hydrogen-bond acceptors (Lipinski definition) is 3. The van der Waals surface area contributed by atoms with Gasteiger partial charge in [-0.25, -0.2) is 0 Å². The highest BCUT2D eigenvalue weighted by atomic mass is 16.6. The molecule has 0 unspecified atom stereocenters. The molecule has 2 aliphatic rings. The summed E-state index contributed by atoms with van der Waals surface area (Å²) in [4.78, 5) is 22.8. The van der Waals surface area contributed by atoms with Gasteiger partial charge in [0, 0.05) is 6.54 Å². The van der Waals surface area contributed by atoms with E-state index in [9.17, 15) is 9.59 Å². The number of carbonyl (C=O) groups excluding carboxylic acids is 1. The van der Waals surface area contributed by atoms with Crippen molar-refractivity contribution in [1.82, 2.24) is 5.32 Å². The number of hydrogen-bond donors (Lipinski definition) is 2. The molecule has 5 nitrogen and oxygen atoms in total. The third-order valence-corrected chi connectivity index (χ3v) is 3.33. The Bertz CT molecular complexity index is 288. The zero-order valence-corrected chi connectivity index (χ0v) is 9.15. The van der Waals surface area contributed by atoms with Crippen LogP contribution in [-0.4, -0.2) is 36.2 Å². The zero-order valence-electron chi connectivity index (χ0n) is 9.15. The van der Waals surface area contributed by atoms with Gasteiger partial charge in [-0.15, -0.1) is 0 Å². The number of carboxylic acids is 1. The molecule has 3 atom stereocenters. The molecule has 2 N–H and O–H groups in total. The fourth-order valence-electron chi connectivity index (χ4n) is 2.27. The van der Waals surface area contributed by atoms with E-state index < -0.39 is 11.9 Å². The second-order valence-corrected chi connectivity index (χ2v) is 4.54. The van der Waals surface area contributed by atoms with E-state index in [0.29, 0.717) is 26.0 Å². The molecule has 90 valence electrons. The number of rotatable bonds is 4. The molecule has 0 aromatic rings. The number of carbonyl (C=O) groups is 2. The van der Waals surface area contributed by atoms with Crippen LogP contribution >= 0.6 is 0 Å². The Morgan fingerprint density at radius 1 is 1.25 bits per heavy atom. The van der Waals surface area contributed by atoms with Gasteiger partial charge < -0.3 is 15.2 Å². The van der Waals surface area contributed by atoms with Crippen molar-refractivity contribution in [2.75, 3.05) is 13.2 Å². The lowest BCUT2D eigenvalue weighted by atomic mass is 9.79. The van der Waals surface area contributed by atoms with Crippen molar-refractivity contribution in [3.63, 3.8) is 0 Å². The highest BCUT2D eigenvalue weighted by Gasteiger charge is 2.36. The summed E-state index contributed by atoms with van der Waals surface area (Å²) in [5, 5.41) is 11.8. The molecular formula is C11H17NO4. The minimum atomic E-state index is -0.845. The standard InChI is InChI=1S/C11H17NO4/c13-10(12-5-7-6-16-7)8-3-1-2-4-9(8)11(14)15/h7-9H,1-6H2,(H,12,13)(H,14,15)/t7-,8+,9+/m0/s1. The highest BCUT2D eigenvalue weighted by molar-refractivity contribution is 5.84. The average Bonchev–Trinajstić information content (AvgIpc) is 3.09. The van der Waals surface area contributed by atoms with Crippen molar-refractivity contribution in [2.45, 2.75) is 31.8 Å². The van der Waals surface area contributed by atoms with E-state index in [1.165, 1.54) is 0 Å². The number of carboxylic acid groups (broad SMARTS) is 1. The molecule has 0 bridgehead atoms. The maximum Gasteiger partial charge on any atom is 0.307 e. The fourth-order valence-corrected chi connectivity index (χ4v) is 2.27. The number of ether oxygens (including phenoxy) is 1. The van der Waals surface area contributed by atoms with Crippen LogP contribution in [0.15, 0.2) is 0 Å². The Morgan fingerprint density at radius 3 is 2.44 bits per heavy atom. The first kappa shape index (κ1) is 11.4. The molecule has 0 aromatic carbocycles. The molecule has 5 heteroatoms. The first-order valence-electron chi connectivity index (χ1n) is 5.80. The summed E-state index contributed by atoms with van der Waals surface area (Å²) in [5.74, 6) is -1.83. The highest BCUT2D eigenvalue weighted by Crippen LogP contribution is 2.30. The summed E-state index contributed by atoms with van der Waals surface area (Å²) >= 11 is 0. The lowest BCUT2D eigenvalue weighted by Gasteiger charge is -2.27. The number of epoxide rings is 1. The molecule has 1 amide bonds. The van der Waals surface area contributed by atoms with E-state index in [1.54, 1.807) is 0 Å². The van der Waals surface area contributed by atoms with Gasteiger partial charge in [-0.05, 0) is 12.8 Å². The molecule has 0 aromatic heterocycles. The van der Waals surface area contributed by atoms with E-state index >= 15 is 0 Å². The van der Waals surface area contributed by atoms with Gasteiger partial charge in [-0.3, -0.25) is 9.59 Å². The normalized spacial score (nSPS) is 33.1. The van der Waals surface area contributed by atoms with Crippen molar-refractivity contribution in [2.24, 2.45) is 11.8 Å². The summed E-state index contributed by atoms with van der Waals surface area (Å²) in [6, 6.07) is 0. The first-order valence-corrected chi connectivity index (χ1v) is 5.80. The first-order chi connectivity index (χ1) is 7.68. The molecule has 1 saturated carbocycles. The van der Waals surface area contributed by atoms with Gasteiger partial charge in [0.15, 0.2) is 0 Å². The number of aliphatic carboxylic acids is 1. The van der Waals surface area contributed by atoms with Crippen LogP contribution in [0.2, 0.25) is 0 Å². The second-order valence-electron chi connectivity index (χ2n) is 4.54. The van der Waals surface area contributed by atoms with Crippen LogP contribution in [0, 0.1) is 11.8 Å². The Kier molecular flexibility index (Phi) is 3.43. The van der Waals surface area contributed by atoms with Crippen LogP contribution < -0.4 is 5.32 Å². The van der Waals surface area contributed by atoms with E-state index in [2.05, 4.69) is 5.32 Å². The third-order valence-electron chi connectivity index (χ3n) is 3.33. The summed E-state index contributed by atoms with van der Waals surface area (Å²) in [6.07, 6.45) is 3.31. The lowest BCUT2D eigenvalue weighted by molar-refractivity contribution is -0.148. The summed E-state index contributed by atoms with van der Waals surface area (Å²) in [5.41, 5.74) is 0. The van der Waals surface area contributed by atoms with Crippen molar-refractivity contribution in [3.05, 3.63) is 0 Å². The zero-order chi connectivity index (χ0) is 11.5. The van der Waals surface area contributed by atoms with Gasteiger partial charge in [-0.2, -0.15) is 0 Å². The van der Waals surface area contributed by atoms with Crippen LogP contribution in [0.1, 0.15) is 25.7 Å². The molecule has 1 heterocycles. The van der Waals surface area contributed by atoms with E-state index in [-0.39, 0.29) is 17.9 Å². The summed E-state index contributed by atoms with van der Waals surface area (Å²) in [7, 11) is 0. The van der Waals surface area contributed by atoms with Crippen LogP contribution in [-0.2, 0) is 14.3 Å². The van der Waals surface area contributed by atoms with Crippen LogP contribution in [0.3, 0.4) is 0 Å². The quantitative estimate of drug-likeness (QED) is 0.681.